The minimum atomic E-state index is -0.785. The number of primary amides is 2. The third-order valence-electron chi connectivity index (χ3n) is 2.96. The van der Waals surface area contributed by atoms with Gasteiger partial charge < -0.3 is 16.8 Å². The molecule has 7 nitrogen and oxygen atoms in total. The molecule has 0 atom stereocenters. The predicted molar refractivity (Wildman–Crippen MR) is 74.8 cm³/mol. The lowest BCUT2D eigenvalue weighted by Crippen LogP contribution is -2.22. The van der Waals surface area contributed by atoms with Crippen LogP contribution in [0.1, 0.15) is 21.6 Å². The molecule has 0 unspecified atom stereocenters. The third-order valence-corrected chi connectivity index (χ3v) is 2.96. The van der Waals surface area contributed by atoms with E-state index in [4.69, 9.17) is 11.5 Å². The van der Waals surface area contributed by atoms with E-state index in [1.807, 2.05) is 32.0 Å². The van der Waals surface area contributed by atoms with Crippen LogP contribution in [0.5, 0.6) is 0 Å². The van der Waals surface area contributed by atoms with Gasteiger partial charge in [0.15, 0.2) is 5.69 Å². The fourth-order valence-electron chi connectivity index (χ4n) is 1.78. The van der Waals surface area contributed by atoms with E-state index in [-0.39, 0.29) is 11.4 Å². The zero-order valence-corrected chi connectivity index (χ0v) is 11.2. The molecule has 1 heterocycles. The van der Waals surface area contributed by atoms with E-state index in [1.165, 1.54) is 10.9 Å². The smallest absolute Gasteiger partial charge is 0.316 e. The van der Waals surface area contributed by atoms with E-state index < -0.39 is 11.9 Å². The van der Waals surface area contributed by atoms with Crippen LogP contribution in [-0.2, 0) is 0 Å². The topological polar surface area (TPSA) is 116 Å². The van der Waals surface area contributed by atoms with Gasteiger partial charge in [-0.05, 0) is 37.1 Å². The summed E-state index contributed by atoms with van der Waals surface area (Å²) >= 11 is 0. The van der Waals surface area contributed by atoms with Gasteiger partial charge in [0.25, 0.3) is 5.91 Å². The number of rotatable bonds is 3. The lowest BCUT2D eigenvalue weighted by molar-refractivity contribution is 0.0996. The van der Waals surface area contributed by atoms with E-state index >= 15 is 0 Å². The Morgan fingerprint density at radius 3 is 2.45 bits per heavy atom. The Kier molecular flexibility index (Phi) is 3.43. The van der Waals surface area contributed by atoms with Crippen LogP contribution in [0.4, 0.5) is 10.5 Å². The second kappa shape index (κ2) is 5.04. The molecule has 1 aromatic heterocycles. The van der Waals surface area contributed by atoms with Gasteiger partial charge in [0, 0.05) is 0 Å². The first kappa shape index (κ1) is 13.6. The van der Waals surface area contributed by atoms with Crippen molar-refractivity contribution in [3.8, 4) is 5.69 Å². The van der Waals surface area contributed by atoms with Gasteiger partial charge in [-0.25, -0.2) is 9.48 Å². The summed E-state index contributed by atoms with van der Waals surface area (Å²) in [7, 11) is 0. The number of hydrogen-bond acceptors (Lipinski definition) is 3. The van der Waals surface area contributed by atoms with E-state index in [0.29, 0.717) is 0 Å². The van der Waals surface area contributed by atoms with Crippen molar-refractivity contribution in [3.63, 3.8) is 0 Å². The Morgan fingerprint density at radius 1 is 1.20 bits per heavy atom. The number of amides is 3. The Morgan fingerprint density at radius 2 is 1.90 bits per heavy atom. The molecule has 0 aliphatic carbocycles. The van der Waals surface area contributed by atoms with Crippen molar-refractivity contribution < 1.29 is 9.59 Å². The molecule has 20 heavy (non-hydrogen) atoms. The summed E-state index contributed by atoms with van der Waals surface area (Å²) < 4.78 is 1.47. The van der Waals surface area contributed by atoms with Crippen LogP contribution >= 0.6 is 0 Å². The molecule has 0 radical (unpaired) electrons. The van der Waals surface area contributed by atoms with Crippen LogP contribution in [0.15, 0.2) is 24.4 Å². The van der Waals surface area contributed by atoms with Crippen LogP contribution in [0, 0.1) is 13.8 Å². The van der Waals surface area contributed by atoms with Crippen molar-refractivity contribution in [1.82, 2.24) is 9.78 Å². The molecule has 0 fully saturated rings. The van der Waals surface area contributed by atoms with E-state index in [9.17, 15) is 9.59 Å². The SMILES string of the molecule is Cc1ccc(-n2cc(NC(N)=O)c(C(N)=O)n2)cc1C. The first-order valence-corrected chi connectivity index (χ1v) is 5.92. The van der Waals surface area contributed by atoms with Crippen molar-refractivity contribution >= 4 is 17.6 Å². The summed E-state index contributed by atoms with van der Waals surface area (Å²) in [6, 6.07) is 4.93. The quantitative estimate of drug-likeness (QED) is 0.776. The minimum Gasteiger partial charge on any atom is -0.364 e. The molecule has 0 saturated heterocycles. The first-order valence-electron chi connectivity index (χ1n) is 5.92. The highest BCUT2D eigenvalue weighted by Crippen LogP contribution is 2.19. The summed E-state index contributed by atoms with van der Waals surface area (Å²) in [4.78, 5) is 22.2. The van der Waals surface area contributed by atoms with Crippen LogP contribution < -0.4 is 16.8 Å². The number of aromatic nitrogens is 2. The highest BCUT2D eigenvalue weighted by molar-refractivity contribution is 6.00. The Bertz CT molecular complexity index is 690. The molecule has 2 aromatic rings. The number of carbonyl (C=O) groups excluding carboxylic acids is 2. The summed E-state index contributed by atoms with van der Waals surface area (Å²) in [5, 5.41) is 6.40. The maximum Gasteiger partial charge on any atom is 0.316 e. The van der Waals surface area contributed by atoms with Gasteiger partial charge in [-0.2, -0.15) is 5.10 Å². The summed E-state index contributed by atoms with van der Waals surface area (Å²) in [6.07, 6.45) is 1.50. The third kappa shape index (κ3) is 2.61. The van der Waals surface area contributed by atoms with E-state index in [2.05, 4.69) is 10.4 Å². The molecule has 1 aromatic carbocycles. The number of carbonyl (C=O) groups is 2. The minimum absolute atomic E-state index is 0.0398. The van der Waals surface area contributed by atoms with Gasteiger partial charge >= 0.3 is 6.03 Å². The van der Waals surface area contributed by atoms with Crippen LogP contribution in [-0.4, -0.2) is 21.7 Å². The summed E-state index contributed by atoms with van der Waals surface area (Å²) in [6.45, 7) is 3.97. The Hall–Kier alpha value is -2.83. The number of urea groups is 1. The standard InChI is InChI=1S/C13H15N5O2/c1-7-3-4-9(5-8(7)2)18-6-10(16-13(15)20)11(17-18)12(14)19/h3-6H,1-2H3,(H2,14,19)(H3,15,16,20). The van der Waals surface area contributed by atoms with Gasteiger partial charge in [-0.3, -0.25) is 4.79 Å². The molecular formula is C13H15N5O2. The van der Waals surface area contributed by atoms with Crippen LogP contribution in [0.25, 0.3) is 5.69 Å². The highest BCUT2D eigenvalue weighted by Gasteiger charge is 2.16. The number of hydrogen-bond donors (Lipinski definition) is 3. The molecule has 0 spiro atoms. The molecule has 7 heteroatoms. The average Bonchev–Trinajstić information content (AvgIpc) is 2.76. The van der Waals surface area contributed by atoms with Gasteiger partial charge in [0.05, 0.1) is 17.6 Å². The first-order chi connectivity index (χ1) is 9.38. The molecule has 0 aliphatic rings. The van der Waals surface area contributed by atoms with Crippen LogP contribution in [0.2, 0.25) is 0 Å². The number of benzene rings is 1. The fraction of sp³-hybridized carbons (Fsp3) is 0.154. The van der Waals surface area contributed by atoms with Gasteiger partial charge in [0.2, 0.25) is 0 Å². The maximum absolute atomic E-state index is 11.3. The second-order valence-electron chi connectivity index (χ2n) is 4.46. The lowest BCUT2D eigenvalue weighted by Gasteiger charge is -2.04. The lowest BCUT2D eigenvalue weighted by atomic mass is 10.1. The number of nitrogens with one attached hydrogen (secondary N) is 1. The molecule has 5 N–H and O–H groups in total. The van der Waals surface area contributed by atoms with Crippen molar-refractivity contribution in [2.45, 2.75) is 13.8 Å². The zero-order chi connectivity index (χ0) is 14.9. The normalized spacial score (nSPS) is 10.3. The molecule has 0 saturated carbocycles. The average molecular weight is 273 g/mol. The van der Waals surface area contributed by atoms with Crippen LogP contribution in [0.3, 0.4) is 0 Å². The fourth-order valence-corrected chi connectivity index (χ4v) is 1.78. The predicted octanol–water partition coefficient (Wildman–Crippen LogP) is 1.08. The van der Waals surface area contributed by atoms with Gasteiger partial charge in [-0.15, -0.1) is 0 Å². The van der Waals surface area contributed by atoms with Crippen molar-refractivity contribution in [2.24, 2.45) is 11.5 Å². The number of aryl methyl sites for hydroxylation is 2. The second-order valence-corrected chi connectivity index (χ2v) is 4.46. The molecular weight excluding hydrogens is 258 g/mol. The number of anilines is 1. The van der Waals surface area contributed by atoms with E-state index in [1.54, 1.807) is 0 Å². The molecule has 104 valence electrons. The highest BCUT2D eigenvalue weighted by atomic mass is 16.2. The van der Waals surface area contributed by atoms with Gasteiger partial charge in [-0.1, -0.05) is 6.07 Å². The molecule has 0 aliphatic heterocycles. The van der Waals surface area contributed by atoms with Crippen molar-refractivity contribution in [3.05, 3.63) is 41.2 Å². The number of nitrogens with two attached hydrogens (primary N) is 2. The van der Waals surface area contributed by atoms with Crippen molar-refractivity contribution in [2.75, 3.05) is 5.32 Å². The summed E-state index contributed by atoms with van der Waals surface area (Å²) in [5.41, 5.74) is 13.4. The summed E-state index contributed by atoms with van der Waals surface area (Å²) in [5.74, 6) is -0.740. The van der Waals surface area contributed by atoms with Gasteiger partial charge in [0.1, 0.15) is 0 Å². The largest absolute Gasteiger partial charge is 0.364 e. The van der Waals surface area contributed by atoms with Crippen molar-refractivity contribution in [1.29, 1.82) is 0 Å². The zero-order valence-electron chi connectivity index (χ0n) is 11.2. The number of nitrogens with zero attached hydrogens (tertiary/aromatic N) is 2. The monoisotopic (exact) mass is 273 g/mol. The molecule has 2 rings (SSSR count). The maximum atomic E-state index is 11.3. The molecule has 0 bridgehead atoms. The molecule has 3 amide bonds. The van der Waals surface area contributed by atoms with E-state index in [0.717, 1.165) is 16.8 Å². The Labute approximate surface area is 115 Å². The Balaban J connectivity index is 2.49.